The summed E-state index contributed by atoms with van der Waals surface area (Å²) < 4.78 is 36.5. The van der Waals surface area contributed by atoms with E-state index >= 15 is 0 Å². The largest absolute Gasteiger partial charge is 0.396 e. The molecule has 0 saturated carbocycles. The molecule has 1 aliphatic rings. The number of benzene rings is 1. The van der Waals surface area contributed by atoms with Crippen molar-refractivity contribution in [2.24, 2.45) is 0 Å². The van der Waals surface area contributed by atoms with E-state index in [0.717, 1.165) is 11.0 Å². The summed E-state index contributed by atoms with van der Waals surface area (Å²) >= 11 is 0. The zero-order valence-corrected chi connectivity index (χ0v) is 10.5. The van der Waals surface area contributed by atoms with Gasteiger partial charge in [0.2, 0.25) is 5.91 Å². The van der Waals surface area contributed by atoms with Crippen molar-refractivity contribution in [2.75, 3.05) is 7.05 Å². The molecule has 1 aliphatic heterocycles. The van der Waals surface area contributed by atoms with Gasteiger partial charge in [0.05, 0.1) is 6.42 Å². The summed E-state index contributed by atoms with van der Waals surface area (Å²) in [6.07, 6.45) is -6.18. The normalized spacial score (nSPS) is 15.3. The van der Waals surface area contributed by atoms with Crippen LogP contribution in [0, 0.1) is 0 Å². The van der Waals surface area contributed by atoms with E-state index in [-0.39, 0.29) is 17.5 Å². The molecule has 0 fully saturated rings. The van der Waals surface area contributed by atoms with E-state index in [4.69, 9.17) is 0 Å². The molecule has 0 spiro atoms. The van der Waals surface area contributed by atoms with E-state index in [0.29, 0.717) is 5.56 Å². The summed E-state index contributed by atoms with van der Waals surface area (Å²) in [6.45, 7) is 0. The number of imide groups is 1. The van der Waals surface area contributed by atoms with Crippen LogP contribution in [0.5, 0.6) is 0 Å². The Morgan fingerprint density at radius 1 is 1.30 bits per heavy atom. The average molecular weight is 285 g/mol. The SMILES string of the molecule is CN1C(=O)Cc2ccc(C(=O)CC(F)(F)F)cc2C1=O. The van der Waals surface area contributed by atoms with Gasteiger partial charge in [-0.3, -0.25) is 19.3 Å². The number of rotatable bonds is 2. The maximum Gasteiger partial charge on any atom is 0.396 e. The highest BCUT2D eigenvalue weighted by Gasteiger charge is 2.33. The van der Waals surface area contributed by atoms with Crippen molar-refractivity contribution in [3.8, 4) is 0 Å². The van der Waals surface area contributed by atoms with Gasteiger partial charge in [0.1, 0.15) is 6.42 Å². The fourth-order valence-electron chi connectivity index (χ4n) is 1.96. The topological polar surface area (TPSA) is 54.5 Å². The Bertz CT molecular complexity index is 607. The molecule has 2 rings (SSSR count). The van der Waals surface area contributed by atoms with Crippen LogP contribution in [-0.4, -0.2) is 35.7 Å². The van der Waals surface area contributed by atoms with Crippen LogP contribution in [-0.2, 0) is 11.2 Å². The number of nitrogens with zero attached hydrogens (tertiary/aromatic N) is 1. The monoisotopic (exact) mass is 285 g/mol. The van der Waals surface area contributed by atoms with E-state index in [9.17, 15) is 27.6 Å². The van der Waals surface area contributed by atoms with Gasteiger partial charge in [-0.15, -0.1) is 0 Å². The van der Waals surface area contributed by atoms with E-state index in [2.05, 4.69) is 0 Å². The van der Waals surface area contributed by atoms with Crippen LogP contribution in [0.25, 0.3) is 0 Å². The van der Waals surface area contributed by atoms with E-state index in [1.807, 2.05) is 0 Å². The van der Waals surface area contributed by atoms with Gasteiger partial charge in [0.25, 0.3) is 5.91 Å². The highest BCUT2D eigenvalue weighted by atomic mass is 19.4. The lowest BCUT2D eigenvalue weighted by molar-refractivity contribution is -0.127. The zero-order valence-electron chi connectivity index (χ0n) is 10.5. The second-order valence-corrected chi connectivity index (χ2v) is 4.52. The summed E-state index contributed by atoms with van der Waals surface area (Å²) in [6, 6.07) is 3.68. The number of hydrogen-bond donors (Lipinski definition) is 0. The summed E-state index contributed by atoms with van der Waals surface area (Å²) in [5.41, 5.74) is 0.332. The molecule has 1 heterocycles. The molecule has 0 N–H and O–H groups in total. The van der Waals surface area contributed by atoms with Crippen molar-refractivity contribution in [3.63, 3.8) is 0 Å². The predicted molar refractivity (Wildman–Crippen MR) is 62.2 cm³/mol. The van der Waals surface area contributed by atoms with Gasteiger partial charge < -0.3 is 0 Å². The van der Waals surface area contributed by atoms with E-state index in [1.54, 1.807) is 0 Å². The lowest BCUT2D eigenvalue weighted by Gasteiger charge is -2.23. The summed E-state index contributed by atoms with van der Waals surface area (Å²) in [4.78, 5) is 35.7. The predicted octanol–water partition coefficient (Wildman–Crippen LogP) is 1.98. The van der Waals surface area contributed by atoms with Crippen molar-refractivity contribution in [2.45, 2.75) is 19.0 Å². The molecule has 0 aliphatic carbocycles. The molecule has 7 heteroatoms. The fourth-order valence-corrected chi connectivity index (χ4v) is 1.96. The van der Waals surface area contributed by atoms with Crippen LogP contribution in [0.3, 0.4) is 0 Å². The van der Waals surface area contributed by atoms with Crippen LogP contribution in [0.1, 0.15) is 32.7 Å². The quantitative estimate of drug-likeness (QED) is 0.616. The number of alkyl halides is 3. The highest BCUT2D eigenvalue weighted by Crippen LogP contribution is 2.25. The molecular weight excluding hydrogens is 275 g/mol. The fraction of sp³-hybridized carbons (Fsp3) is 0.308. The van der Waals surface area contributed by atoms with Crippen LogP contribution < -0.4 is 0 Å². The van der Waals surface area contributed by atoms with Gasteiger partial charge >= 0.3 is 6.18 Å². The number of ketones is 1. The zero-order chi connectivity index (χ0) is 15.1. The van der Waals surface area contributed by atoms with Crippen LogP contribution in [0.4, 0.5) is 13.2 Å². The Balaban J connectivity index is 2.35. The molecule has 0 saturated heterocycles. The summed E-state index contributed by atoms with van der Waals surface area (Å²) in [5.74, 6) is -2.11. The summed E-state index contributed by atoms with van der Waals surface area (Å²) in [5, 5.41) is 0. The third kappa shape index (κ3) is 2.71. The Morgan fingerprint density at radius 3 is 2.55 bits per heavy atom. The Hall–Kier alpha value is -2.18. The highest BCUT2D eigenvalue weighted by molar-refractivity contribution is 6.10. The first-order valence-corrected chi connectivity index (χ1v) is 5.73. The first-order chi connectivity index (χ1) is 9.19. The van der Waals surface area contributed by atoms with Crippen LogP contribution in [0.15, 0.2) is 18.2 Å². The minimum absolute atomic E-state index is 0.00862. The van der Waals surface area contributed by atoms with Gasteiger partial charge in [-0.05, 0) is 11.6 Å². The van der Waals surface area contributed by atoms with Crippen molar-refractivity contribution in [1.82, 2.24) is 4.90 Å². The molecule has 0 radical (unpaired) electrons. The first kappa shape index (κ1) is 14.2. The number of Topliss-reactive ketones (excluding diaryl/α,β-unsaturated/α-hetero) is 1. The molecule has 1 aromatic rings. The maximum atomic E-state index is 12.2. The molecule has 20 heavy (non-hydrogen) atoms. The number of hydrogen-bond acceptors (Lipinski definition) is 3. The van der Waals surface area contributed by atoms with E-state index < -0.39 is 30.2 Å². The van der Waals surface area contributed by atoms with Crippen molar-refractivity contribution < 1.29 is 27.6 Å². The third-order valence-corrected chi connectivity index (χ3v) is 3.04. The Labute approximate surface area is 112 Å². The molecule has 106 valence electrons. The molecule has 4 nitrogen and oxygen atoms in total. The van der Waals surface area contributed by atoms with Gasteiger partial charge in [0.15, 0.2) is 5.78 Å². The standard InChI is InChI=1S/C13H10F3NO3/c1-17-11(19)5-7-2-3-8(4-9(7)12(17)20)10(18)6-13(14,15)16/h2-4H,5-6H2,1H3. The molecule has 0 atom stereocenters. The number of fused-ring (bicyclic) bond motifs is 1. The van der Waals surface area contributed by atoms with Gasteiger partial charge in [0, 0.05) is 18.2 Å². The van der Waals surface area contributed by atoms with Crippen molar-refractivity contribution in [1.29, 1.82) is 0 Å². The maximum absolute atomic E-state index is 12.2. The van der Waals surface area contributed by atoms with Crippen molar-refractivity contribution >= 4 is 17.6 Å². The molecule has 0 aromatic heterocycles. The van der Waals surface area contributed by atoms with Crippen LogP contribution in [0.2, 0.25) is 0 Å². The third-order valence-electron chi connectivity index (χ3n) is 3.04. The summed E-state index contributed by atoms with van der Waals surface area (Å²) in [7, 11) is 1.29. The number of carbonyl (C=O) groups is 3. The smallest absolute Gasteiger partial charge is 0.294 e. The van der Waals surface area contributed by atoms with Gasteiger partial charge in [-0.25, -0.2) is 0 Å². The first-order valence-electron chi connectivity index (χ1n) is 5.73. The second-order valence-electron chi connectivity index (χ2n) is 4.52. The lowest BCUT2D eigenvalue weighted by Crippen LogP contribution is -2.39. The number of likely N-dealkylation sites (N-methyl/N-ethyl adjacent to an activating group) is 1. The second kappa shape index (κ2) is 4.73. The molecule has 1 aromatic carbocycles. The lowest BCUT2D eigenvalue weighted by atomic mass is 9.94. The minimum atomic E-state index is -4.59. The minimum Gasteiger partial charge on any atom is -0.294 e. The van der Waals surface area contributed by atoms with Crippen molar-refractivity contribution in [3.05, 3.63) is 34.9 Å². The van der Waals surface area contributed by atoms with Gasteiger partial charge in [-0.1, -0.05) is 12.1 Å². The number of amides is 2. The molecular formula is C13H10F3NO3. The molecule has 0 bridgehead atoms. The van der Waals surface area contributed by atoms with E-state index in [1.165, 1.54) is 19.2 Å². The van der Waals surface area contributed by atoms with Crippen LogP contribution >= 0.6 is 0 Å². The molecule has 2 amide bonds. The molecule has 0 unspecified atom stereocenters. The number of halogens is 3. The Kier molecular flexibility index (Phi) is 3.37. The Morgan fingerprint density at radius 2 is 1.95 bits per heavy atom. The van der Waals surface area contributed by atoms with Gasteiger partial charge in [-0.2, -0.15) is 13.2 Å². The average Bonchev–Trinajstić information content (AvgIpc) is 2.34. The number of carbonyl (C=O) groups excluding carboxylic acids is 3.